The number of amides is 1. The van der Waals surface area contributed by atoms with Crippen LogP contribution < -0.4 is 5.32 Å². The third-order valence-corrected chi connectivity index (χ3v) is 1.50. The van der Waals surface area contributed by atoms with Crippen LogP contribution in [0.4, 0.5) is 0 Å². The number of carboxylic acids is 1. The Hall–Kier alpha value is -1.06. The topological polar surface area (TPSA) is 66.4 Å². The first-order valence-electron chi connectivity index (χ1n) is 3.11. The number of rotatable bonds is 2. The molecule has 1 aliphatic carbocycles. The van der Waals surface area contributed by atoms with Gasteiger partial charge in [-0.05, 0) is 6.42 Å². The molecule has 0 spiro atoms. The number of nitrogens with one attached hydrogen (secondary N) is 1. The van der Waals surface area contributed by atoms with Crippen molar-refractivity contribution in [1.82, 2.24) is 5.32 Å². The van der Waals surface area contributed by atoms with Crippen LogP contribution in [-0.2, 0) is 9.59 Å². The van der Waals surface area contributed by atoms with E-state index in [0.29, 0.717) is 6.42 Å². The Kier molecular flexibility index (Phi) is 1.61. The Morgan fingerprint density at radius 1 is 1.60 bits per heavy atom. The van der Waals surface area contributed by atoms with E-state index in [9.17, 15) is 9.59 Å². The van der Waals surface area contributed by atoms with Gasteiger partial charge in [-0.15, -0.1) is 0 Å². The summed E-state index contributed by atoms with van der Waals surface area (Å²) in [5.41, 5.74) is 0. The second-order valence-electron chi connectivity index (χ2n) is 2.49. The van der Waals surface area contributed by atoms with Crippen molar-refractivity contribution in [2.45, 2.75) is 19.4 Å². The number of hydrogen-bond acceptors (Lipinski definition) is 2. The van der Waals surface area contributed by atoms with Crippen LogP contribution in [0.25, 0.3) is 0 Å². The van der Waals surface area contributed by atoms with E-state index in [2.05, 4.69) is 5.32 Å². The highest BCUT2D eigenvalue weighted by atomic mass is 16.4. The van der Waals surface area contributed by atoms with Crippen LogP contribution in [0.15, 0.2) is 0 Å². The summed E-state index contributed by atoms with van der Waals surface area (Å²) in [6.45, 7) is 1.39. The molecule has 56 valence electrons. The molecule has 2 unspecified atom stereocenters. The lowest BCUT2D eigenvalue weighted by atomic mass is 10.4. The van der Waals surface area contributed by atoms with Crippen molar-refractivity contribution in [3.8, 4) is 0 Å². The average Bonchev–Trinajstić information content (AvgIpc) is 2.43. The van der Waals surface area contributed by atoms with Gasteiger partial charge in [0.25, 0.3) is 0 Å². The zero-order valence-electron chi connectivity index (χ0n) is 5.63. The van der Waals surface area contributed by atoms with Gasteiger partial charge in [-0.2, -0.15) is 0 Å². The predicted octanol–water partition coefficient (Wildman–Crippen LogP) is -0.404. The standard InChI is InChI=1S/C6H9NO3/c1-3(8)7-5-2-4(5)6(9)10/h4-5H,2H2,1H3,(H,7,8)(H,9,10). The molecule has 0 radical (unpaired) electrons. The molecule has 10 heavy (non-hydrogen) atoms. The molecule has 0 heterocycles. The summed E-state index contributed by atoms with van der Waals surface area (Å²) in [6, 6.07) is -0.116. The summed E-state index contributed by atoms with van der Waals surface area (Å²) in [5, 5.41) is 10.9. The van der Waals surface area contributed by atoms with Crippen LogP contribution in [-0.4, -0.2) is 23.0 Å². The van der Waals surface area contributed by atoms with Crippen molar-refractivity contribution in [1.29, 1.82) is 0 Å². The van der Waals surface area contributed by atoms with Gasteiger partial charge in [0.2, 0.25) is 5.91 Å². The summed E-state index contributed by atoms with van der Waals surface area (Å²) in [7, 11) is 0. The number of carbonyl (C=O) groups is 2. The lowest BCUT2D eigenvalue weighted by Crippen LogP contribution is -2.25. The monoisotopic (exact) mass is 143 g/mol. The van der Waals surface area contributed by atoms with Crippen LogP contribution in [0.2, 0.25) is 0 Å². The number of hydrogen-bond donors (Lipinski definition) is 2. The molecule has 0 aromatic rings. The molecular formula is C6H9NO3. The number of aliphatic carboxylic acids is 1. The van der Waals surface area contributed by atoms with Gasteiger partial charge in [0.1, 0.15) is 0 Å². The molecule has 2 N–H and O–H groups in total. The highest BCUT2D eigenvalue weighted by molar-refractivity contribution is 5.78. The maximum absolute atomic E-state index is 10.4. The SMILES string of the molecule is CC(=O)NC1CC1C(=O)O. The van der Waals surface area contributed by atoms with Gasteiger partial charge in [0.15, 0.2) is 0 Å². The van der Waals surface area contributed by atoms with Crippen molar-refractivity contribution in [3.05, 3.63) is 0 Å². The summed E-state index contributed by atoms with van der Waals surface area (Å²) < 4.78 is 0. The average molecular weight is 143 g/mol. The van der Waals surface area contributed by atoms with E-state index >= 15 is 0 Å². The van der Waals surface area contributed by atoms with Gasteiger partial charge in [-0.25, -0.2) is 0 Å². The summed E-state index contributed by atoms with van der Waals surface area (Å²) in [5.74, 6) is -1.32. The Morgan fingerprint density at radius 2 is 2.20 bits per heavy atom. The van der Waals surface area contributed by atoms with Crippen molar-refractivity contribution in [2.75, 3.05) is 0 Å². The maximum Gasteiger partial charge on any atom is 0.308 e. The highest BCUT2D eigenvalue weighted by Crippen LogP contribution is 2.29. The molecule has 1 amide bonds. The fourth-order valence-electron chi connectivity index (χ4n) is 0.889. The quantitative estimate of drug-likeness (QED) is 0.552. The van der Waals surface area contributed by atoms with E-state index in [0.717, 1.165) is 0 Å². The van der Waals surface area contributed by atoms with Gasteiger partial charge in [0, 0.05) is 13.0 Å². The van der Waals surface area contributed by atoms with Gasteiger partial charge < -0.3 is 10.4 Å². The molecule has 4 heteroatoms. The second-order valence-corrected chi connectivity index (χ2v) is 2.49. The maximum atomic E-state index is 10.4. The molecule has 0 saturated heterocycles. The Morgan fingerprint density at radius 3 is 2.50 bits per heavy atom. The van der Waals surface area contributed by atoms with E-state index in [1.54, 1.807) is 0 Å². The molecule has 0 aliphatic heterocycles. The summed E-state index contributed by atoms with van der Waals surface area (Å²) in [4.78, 5) is 20.6. The fraction of sp³-hybridized carbons (Fsp3) is 0.667. The highest BCUT2D eigenvalue weighted by Gasteiger charge is 2.43. The van der Waals surface area contributed by atoms with E-state index in [4.69, 9.17) is 5.11 Å². The molecule has 4 nitrogen and oxygen atoms in total. The normalized spacial score (nSPS) is 29.3. The zero-order valence-corrected chi connectivity index (χ0v) is 5.63. The predicted molar refractivity (Wildman–Crippen MR) is 33.3 cm³/mol. The minimum absolute atomic E-state index is 0.116. The Labute approximate surface area is 58.2 Å². The second kappa shape index (κ2) is 2.28. The molecule has 2 atom stereocenters. The minimum atomic E-state index is -0.821. The van der Waals surface area contributed by atoms with Crippen LogP contribution >= 0.6 is 0 Å². The summed E-state index contributed by atoms with van der Waals surface area (Å²) >= 11 is 0. The first kappa shape index (κ1) is 7.05. The van der Waals surface area contributed by atoms with Gasteiger partial charge >= 0.3 is 5.97 Å². The molecule has 1 saturated carbocycles. The van der Waals surface area contributed by atoms with Crippen molar-refractivity contribution < 1.29 is 14.7 Å². The Balaban J connectivity index is 2.26. The lowest BCUT2D eigenvalue weighted by molar-refractivity contribution is -0.138. The molecule has 0 aromatic heterocycles. The van der Waals surface area contributed by atoms with Gasteiger partial charge in [-0.1, -0.05) is 0 Å². The van der Waals surface area contributed by atoms with E-state index < -0.39 is 5.97 Å². The van der Waals surface area contributed by atoms with E-state index in [-0.39, 0.29) is 17.9 Å². The Bertz CT molecular complexity index is 178. The van der Waals surface area contributed by atoms with Crippen LogP contribution in [0.5, 0.6) is 0 Å². The van der Waals surface area contributed by atoms with E-state index in [1.165, 1.54) is 6.92 Å². The molecule has 1 aliphatic rings. The molecule has 0 bridgehead atoms. The molecule has 1 rings (SSSR count). The van der Waals surface area contributed by atoms with Gasteiger partial charge in [0.05, 0.1) is 5.92 Å². The lowest BCUT2D eigenvalue weighted by Gasteiger charge is -1.95. The van der Waals surface area contributed by atoms with Crippen LogP contribution in [0.1, 0.15) is 13.3 Å². The first-order valence-corrected chi connectivity index (χ1v) is 3.11. The smallest absolute Gasteiger partial charge is 0.308 e. The fourth-order valence-corrected chi connectivity index (χ4v) is 0.889. The molecule has 0 aromatic carbocycles. The number of carboxylic acid groups (broad SMARTS) is 1. The largest absolute Gasteiger partial charge is 0.481 e. The molecule has 1 fully saturated rings. The first-order chi connectivity index (χ1) is 4.61. The summed E-state index contributed by atoms with van der Waals surface area (Å²) in [6.07, 6.45) is 0.578. The van der Waals surface area contributed by atoms with Gasteiger partial charge in [-0.3, -0.25) is 9.59 Å². The van der Waals surface area contributed by atoms with Crippen molar-refractivity contribution in [2.24, 2.45) is 5.92 Å². The van der Waals surface area contributed by atoms with Crippen LogP contribution in [0, 0.1) is 5.92 Å². The van der Waals surface area contributed by atoms with Crippen molar-refractivity contribution in [3.63, 3.8) is 0 Å². The number of carbonyl (C=O) groups excluding carboxylic acids is 1. The minimum Gasteiger partial charge on any atom is -0.481 e. The third kappa shape index (κ3) is 1.46. The molecular weight excluding hydrogens is 134 g/mol. The van der Waals surface area contributed by atoms with E-state index in [1.807, 2.05) is 0 Å². The van der Waals surface area contributed by atoms with Crippen molar-refractivity contribution >= 4 is 11.9 Å². The van der Waals surface area contributed by atoms with Crippen LogP contribution in [0.3, 0.4) is 0 Å². The third-order valence-electron chi connectivity index (χ3n) is 1.50. The zero-order chi connectivity index (χ0) is 7.72.